The van der Waals surface area contributed by atoms with E-state index in [1.54, 1.807) is 55.5 Å². The molecule has 3 rings (SSSR count). The van der Waals surface area contributed by atoms with Crippen LogP contribution in [0.15, 0.2) is 83.3 Å². The Hall–Kier alpha value is -2.79. The molecular formula is C21H17BrO4. The molecule has 5 heteroatoms. The van der Waals surface area contributed by atoms with Crippen molar-refractivity contribution in [1.82, 2.24) is 0 Å². The Morgan fingerprint density at radius 1 is 0.769 bits per heavy atom. The van der Waals surface area contributed by atoms with E-state index in [1.165, 1.54) is 0 Å². The fourth-order valence-electron chi connectivity index (χ4n) is 2.16. The molecule has 0 aromatic heterocycles. The molecule has 0 saturated heterocycles. The number of hydrogen-bond donors (Lipinski definition) is 0. The van der Waals surface area contributed by atoms with Crippen molar-refractivity contribution in [3.63, 3.8) is 0 Å². The normalized spacial score (nSPS) is 11.5. The number of para-hydroxylation sites is 1. The molecule has 1 atom stereocenters. The summed E-state index contributed by atoms with van der Waals surface area (Å²) in [6.07, 6.45) is -0.737. The van der Waals surface area contributed by atoms with E-state index in [9.17, 15) is 4.79 Å². The minimum Gasteiger partial charge on any atom is -0.479 e. The molecule has 0 amide bonds. The van der Waals surface area contributed by atoms with E-state index < -0.39 is 12.1 Å². The zero-order chi connectivity index (χ0) is 18.4. The van der Waals surface area contributed by atoms with Crippen LogP contribution < -0.4 is 14.2 Å². The van der Waals surface area contributed by atoms with Gasteiger partial charge < -0.3 is 14.2 Å². The van der Waals surface area contributed by atoms with Crippen LogP contribution in [0.2, 0.25) is 0 Å². The molecule has 0 aliphatic rings. The molecular weight excluding hydrogens is 396 g/mol. The molecule has 0 bridgehead atoms. The highest BCUT2D eigenvalue weighted by Crippen LogP contribution is 2.24. The smallest absolute Gasteiger partial charge is 0.352 e. The van der Waals surface area contributed by atoms with Crippen molar-refractivity contribution in [3.8, 4) is 23.0 Å². The lowest BCUT2D eigenvalue weighted by Gasteiger charge is -2.14. The van der Waals surface area contributed by atoms with E-state index in [2.05, 4.69) is 15.9 Å². The molecule has 3 aromatic carbocycles. The second-order valence-corrected chi connectivity index (χ2v) is 6.44. The molecule has 0 saturated carbocycles. The number of carbonyl (C=O) groups is 1. The maximum Gasteiger partial charge on any atom is 0.352 e. The monoisotopic (exact) mass is 412 g/mol. The molecule has 0 aliphatic heterocycles. The molecule has 1 unspecified atom stereocenters. The summed E-state index contributed by atoms with van der Waals surface area (Å²) in [7, 11) is 0. The Kier molecular flexibility index (Phi) is 5.92. The molecule has 0 aliphatic carbocycles. The van der Waals surface area contributed by atoms with Gasteiger partial charge in [-0.1, -0.05) is 34.1 Å². The molecule has 0 heterocycles. The van der Waals surface area contributed by atoms with E-state index in [1.807, 2.05) is 30.3 Å². The van der Waals surface area contributed by atoms with Crippen LogP contribution in [0.3, 0.4) is 0 Å². The van der Waals surface area contributed by atoms with Crippen molar-refractivity contribution in [1.29, 1.82) is 0 Å². The molecule has 26 heavy (non-hydrogen) atoms. The third kappa shape index (κ3) is 5.10. The zero-order valence-corrected chi connectivity index (χ0v) is 15.7. The standard InChI is InChI=1S/C21H17BrO4/c1-15(21(23)26-20-9-7-16(22)8-10-20)24-18-11-13-19(14-12-18)25-17-5-3-2-4-6-17/h2-15H,1H3. The van der Waals surface area contributed by atoms with Crippen molar-refractivity contribution in [3.05, 3.63) is 83.3 Å². The number of rotatable bonds is 6. The summed E-state index contributed by atoms with van der Waals surface area (Å²) in [5.74, 6) is 2.02. The van der Waals surface area contributed by atoms with Crippen LogP contribution in [0, 0.1) is 0 Å². The zero-order valence-electron chi connectivity index (χ0n) is 14.1. The highest BCUT2D eigenvalue weighted by Gasteiger charge is 2.17. The Bertz CT molecular complexity index is 845. The second kappa shape index (κ2) is 8.54. The van der Waals surface area contributed by atoms with E-state index >= 15 is 0 Å². The Balaban J connectivity index is 1.56. The van der Waals surface area contributed by atoms with E-state index in [-0.39, 0.29) is 0 Å². The third-order valence-electron chi connectivity index (χ3n) is 3.48. The van der Waals surface area contributed by atoms with Gasteiger partial charge in [0.05, 0.1) is 0 Å². The predicted molar refractivity (Wildman–Crippen MR) is 103 cm³/mol. The lowest BCUT2D eigenvalue weighted by molar-refractivity contribution is -0.141. The van der Waals surface area contributed by atoms with Crippen molar-refractivity contribution in [2.75, 3.05) is 0 Å². The first-order chi connectivity index (χ1) is 12.6. The number of benzene rings is 3. The Labute approximate surface area is 160 Å². The van der Waals surface area contributed by atoms with E-state index in [0.29, 0.717) is 17.2 Å². The van der Waals surface area contributed by atoms with Crippen LogP contribution >= 0.6 is 15.9 Å². The first-order valence-electron chi connectivity index (χ1n) is 8.07. The highest BCUT2D eigenvalue weighted by atomic mass is 79.9. The van der Waals surface area contributed by atoms with Gasteiger partial charge in [-0.3, -0.25) is 0 Å². The predicted octanol–water partition coefficient (Wildman–Crippen LogP) is 5.61. The largest absolute Gasteiger partial charge is 0.479 e. The quantitative estimate of drug-likeness (QED) is 0.389. The second-order valence-electron chi connectivity index (χ2n) is 5.52. The molecule has 3 aromatic rings. The Morgan fingerprint density at radius 3 is 1.96 bits per heavy atom. The Morgan fingerprint density at radius 2 is 1.31 bits per heavy atom. The molecule has 0 fully saturated rings. The van der Waals surface area contributed by atoms with Crippen molar-refractivity contribution in [2.24, 2.45) is 0 Å². The minimum absolute atomic E-state index is 0.461. The summed E-state index contributed by atoms with van der Waals surface area (Å²) in [5.41, 5.74) is 0. The third-order valence-corrected chi connectivity index (χ3v) is 4.01. The minimum atomic E-state index is -0.737. The first-order valence-corrected chi connectivity index (χ1v) is 8.86. The molecule has 0 spiro atoms. The highest BCUT2D eigenvalue weighted by molar-refractivity contribution is 9.10. The van der Waals surface area contributed by atoms with Gasteiger partial charge in [-0.2, -0.15) is 0 Å². The van der Waals surface area contributed by atoms with Gasteiger partial charge in [0.1, 0.15) is 23.0 Å². The average Bonchev–Trinajstić information content (AvgIpc) is 2.66. The van der Waals surface area contributed by atoms with Gasteiger partial charge in [-0.15, -0.1) is 0 Å². The fraction of sp³-hybridized carbons (Fsp3) is 0.0952. The summed E-state index contributed by atoms with van der Waals surface area (Å²) < 4.78 is 17.6. The number of carbonyl (C=O) groups excluding carboxylic acids is 1. The average molecular weight is 413 g/mol. The van der Waals surface area contributed by atoms with Crippen LogP contribution in [-0.2, 0) is 4.79 Å². The van der Waals surface area contributed by atoms with Crippen LogP contribution in [0.5, 0.6) is 23.0 Å². The molecule has 4 nitrogen and oxygen atoms in total. The van der Waals surface area contributed by atoms with Crippen LogP contribution in [-0.4, -0.2) is 12.1 Å². The van der Waals surface area contributed by atoms with Gasteiger partial charge in [0.25, 0.3) is 0 Å². The van der Waals surface area contributed by atoms with Crippen molar-refractivity contribution < 1.29 is 19.0 Å². The van der Waals surface area contributed by atoms with Gasteiger partial charge in [0, 0.05) is 4.47 Å². The molecule has 0 N–H and O–H groups in total. The summed E-state index contributed by atoms with van der Waals surface area (Å²) in [4.78, 5) is 12.1. The maximum absolute atomic E-state index is 12.1. The van der Waals surface area contributed by atoms with Crippen molar-refractivity contribution in [2.45, 2.75) is 13.0 Å². The summed E-state index contributed by atoms with van der Waals surface area (Å²) in [5, 5.41) is 0. The van der Waals surface area contributed by atoms with Gasteiger partial charge in [0.2, 0.25) is 0 Å². The lowest BCUT2D eigenvalue weighted by atomic mass is 10.3. The van der Waals surface area contributed by atoms with Gasteiger partial charge in [-0.25, -0.2) is 4.79 Å². The lowest BCUT2D eigenvalue weighted by Crippen LogP contribution is -2.28. The maximum atomic E-state index is 12.1. The van der Waals surface area contributed by atoms with Gasteiger partial charge in [0.15, 0.2) is 6.10 Å². The van der Waals surface area contributed by atoms with E-state index in [4.69, 9.17) is 14.2 Å². The first kappa shape index (κ1) is 18.0. The van der Waals surface area contributed by atoms with Crippen LogP contribution in [0.1, 0.15) is 6.92 Å². The fourth-order valence-corrected chi connectivity index (χ4v) is 2.43. The van der Waals surface area contributed by atoms with Crippen LogP contribution in [0.25, 0.3) is 0 Å². The number of ether oxygens (including phenoxy) is 3. The molecule has 0 radical (unpaired) electrons. The summed E-state index contributed by atoms with van der Waals surface area (Å²) in [6, 6.07) is 23.6. The van der Waals surface area contributed by atoms with Crippen LogP contribution in [0.4, 0.5) is 0 Å². The number of halogens is 1. The number of hydrogen-bond acceptors (Lipinski definition) is 4. The van der Waals surface area contributed by atoms with Crippen molar-refractivity contribution >= 4 is 21.9 Å². The van der Waals surface area contributed by atoms with Gasteiger partial charge in [-0.05, 0) is 67.6 Å². The summed E-state index contributed by atoms with van der Waals surface area (Å²) in [6.45, 7) is 1.65. The topological polar surface area (TPSA) is 44.8 Å². The summed E-state index contributed by atoms with van der Waals surface area (Å²) >= 11 is 3.34. The van der Waals surface area contributed by atoms with Gasteiger partial charge >= 0.3 is 5.97 Å². The van der Waals surface area contributed by atoms with E-state index in [0.717, 1.165) is 10.2 Å². The number of esters is 1. The SMILES string of the molecule is CC(Oc1ccc(Oc2ccccc2)cc1)C(=O)Oc1ccc(Br)cc1. The molecule has 132 valence electrons.